The lowest BCUT2D eigenvalue weighted by molar-refractivity contribution is 0.398. The predicted octanol–water partition coefficient (Wildman–Crippen LogP) is 7.79. The summed E-state index contributed by atoms with van der Waals surface area (Å²) in [5.41, 5.74) is 9.45. The Balaban J connectivity index is 0.000000614. The largest absolute Gasteiger partial charge is 0.398 e. The van der Waals surface area contributed by atoms with Crippen LogP contribution in [0.2, 0.25) is 0 Å². The van der Waals surface area contributed by atoms with E-state index in [1.807, 2.05) is 38.2 Å². The van der Waals surface area contributed by atoms with Gasteiger partial charge in [0.1, 0.15) is 0 Å². The van der Waals surface area contributed by atoms with Gasteiger partial charge in [0.2, 0.25) is 0 Å². The van der Waals surface area contributed by atoms with Crippen LogP contribution in [-0.4, -0.2) is 0 Å². The van der Waals surface area contributed by atoms with E-state index >= 15 is 0 Å². The average Bonchev–Trinajstić information content (AvgIpc) is 2.99. The van der Waals surface area contributed by atoms with E-state index < -0.39 is 0 Å². The fraction of sp³-hybridized carbons (Fsp3) is 0.524. The van der Waals surface area contributed by atoms with Crippen molar-refractivity contribution >= 4 is 38.6 Å². The van der Waals surface area contributed by atoms with Gasteiger partial charge in [0.05, 0.1) is 15.8 Å². The summed E-state index contributed by atoms with van der Waals surface area (Å²) in [6.07, 6.45) is 1.27. The first-order valence-electron chi connectivity index (χ1n) is 8.98. The molecule has 0 aliphatic rings. The smallest absolute Gasteiger partial charge is 0.0639 e. The molecule has 3 N–H and O–H groups in total. The van der Waals surface area contributed by atoms with Crippen molar-refractivity contribution in [1.29, 1.82) is 0 Å². The molecule has 2 rings (SSSR count). The predicted molar refractivity (Wildman–Crippen MR) is 121 cm³/mol. The summed E-state index contributed by atoms with van der Waals surface area (Å²) in [6, 6.07) is 8.37. The van der Waals surface area contributed by atoms with Crippen LogP contribution in [0.5, 0.6) is 0 Å². The number of thiophene rings is 1. The van der Waals surface area contributed by atoms with Crippen molar-refractivity contribution in [2.75, 3.05) is 11.1 Å². The third-order valence-corrected chi connectivity index (χ3v) is 5.56. The number of hydrogen-bond donors (Lipinski definition) is 2. The number of hydrogen-bond acceptors (Lipinski definition) is 3. The van der Waals surface area contributed by atoms with Gasteiger partial charge in [-0.25, -0.2) is 0 Å². The van der Waals surface area contributed by atoms with Crippen LogP contribution < -0.4 is 11.1 Å². The quantitative estimate of drug-likeness (QED) is 0.491. The Hall–Kier alpha value is -1.000. The van der Waals surface area contributed by atoms with Crippen molar-refractivity contribution in [3.05, 3.63) is 44.1 Å². The van der Waals surface area contributed by atoms with E-state index in [4.69, 9.17) is 5.73 Å². The Kier molecular flexibility index (Phi) is 11.1. The molecule has 0 radical (unpaired) electrons. The molecular formula is C21H35BrN2S. The van der Waals surface area contributed by atoms with Crippen LogP contribution in [0.25, 0.3) is 0 Å². The topological polar surface area (TPSA) is 38.0 Å². The summed E-state index contributed by atoms with van der Waals surface area (Å²) in [6.45, 7) is 17.9. The van der Waals surface area contributed by atoms with Gasteiger partial charge < -0.3 is 11.1 Å². The van der Waals surface area contributed by atoms with Gasteiger partial charge in [0.25, 0.3) is 0 Å². The van der Waals surface area contributed by atoms with Gasteiger partial charge in [-0.1, -0.05) is 54.0 Å². The molecule has 1 aromatic heterocycles. The summed E-state index contributed by atoms with van der Waals surface area (Å²) < 4.78 is 0.950. The molecule has 0 saturated carbocycles. The molecule has 0 amide bonds. The molecule has 25 heavy (non-hydrogen) atoms. The maximum absolute atomic E-state index is 5.97. The van der Waals surface area contributed by atoms with E-state index in [-0.39, 0.29) is 0 Å². The van der Waals surface area contributed by atoms with Crippen molar-refractivity contribution < 1.29 is 0 Å². The third kappa shape index (κ3) is 9.31. The zero-order chi connectivity index (χ0) is 19.6. The normalized spacial score (nSPS) is 10.3. The second kappa shape index (κ2) is 11.6. The fourth-order valence-electron chi connectivity index (χ4n) is 1.59. The monoisotopic (exact) mass is 426 g/mol. The summed E-state index contributed by atoms with van der Waals surface area (Å²) >= 11 is 5.34. The molecule has 4 heteroatoms. The Labute approximate surface area is 167 Å². The lowest BCUT2D eigenvalue weighted by Gasteiger charge is -2.12. The zero-order valence-corrected chi connectivity index (χ0v) is 19.5. The van der Waals surface area contributed by atoms with E-state index in [0.29, 0.717) is 5.41 Å². The molecule has 0 aliphatic carbocycles. The van der Waals surface area contributed by atoms with E-state index in [1.165, 1.54) is 16.2 Å². The second-order valence-corrected chi connectivity index (χ2v) is 9.10. The van der Waals surface area contributed by atoms with Crippen LogP contribution in [0.3, 0.4) is 0 Å². The van der Waals surface area contributed by atoms with Crippen LogP contribution in [0, 0.1) is 19.3 Å². The van der Waals surface area contributed by atoms with Crippen LogP contribution >= 0.6 is 27.3 Å². The Morgan fingerprint density at radius 3 is 2.08 bits per heavy atom. The molecule has 2 aromatic rings. The van der Waals surface area contributed by atoms with Crippen molar-refractivity contribution in [1.82, 2.24) is 0 Å². The molecule has 0 spiro atoms. The molecule has 0 bridgehead atoms. The zero-order valence-electron chi connectivity index (χ0n) is 17.1. The number of benzene rings is 1. The highest BCUT2D eigenvalue weighted by Gasteiger charge is 2.06. The lowest BCUT2D eigenvalue weighted by atomic mass is 9.94. The molecule has 0 atom stereocenters. The maximum Gasteiger partial charge on any atom is 0.0639 e. The van der Waals surface area contributed by atoms with Gasteiger partial charge in [-0.3, -0.25) is 0 Å². The average molecular weight is 427 g/mol. The van der Waals surface area contributed by atoms with Crippen molar-refractivity contribution in [2.45, 2.75) is 68.4 Å². The van der Waals surface area contributed by atoms with Gasteiger partial charge in [0, 0.05) is 16.3 Å². The number of rotatable bonds is 3. The minimum absolute atomic E-state index is 0.542. The first-order valence-corrected chi connectivity index (χ1v) is 10.6. The number of nitrogens with one attached hydrogen (secondary N) is 1. The number of nitrogens with two attached hydrogens (primary N) is 1. The van der Waals surface area contributed by atoms with Gasteiger partial charge in [-0.05, 0) is 59.0 Å². The summed E-state index contributed by atoms with van der Waals surface area (Å²) in [5, 5.41) is 3.39. The SMILES string of the molecule is CC.CCC(C)(C)C.Cc1ccc(CNc2ccc(C)c(N)c2Br)s1. The highest BCUT2D eigenvalue weighted by molar-refractivity contribution is 9.10. The number of anilines is 2. The Morgan fingerprint density at radius 1 is 1.08 bits per heavy atom. The van der Waals surface area contributed by atoms with Crippen molar-refractivity contribution in [2.24, 2.45) is 5.41 Å². The molecule has 0 fully saturated rings. The molecular weight excluding hydrogens is 392 g/mol. The van der Waals surface area contributed by atoms with E-state index in [9.17, 15) is 0 Å². The van der Waals surface area contributed by atoms with E-state index in [1.54, 1.807) is 0 Å². The van der Waals surface area contributed by atoms with Crippen LogP contribution in [0.15, 0.2) is 28.7 Å². The van der Waals surface area contributed by atoms with Gasteiger partial charge in [-0.2, -0.15) is 0 Å². The molecule has 142 valence electrons. The van der Waals surface area contributed by atoms with Crippen molar-refractivity contribution in [3.8, 4) is 0 Å². The van der Waals surface area contributed by atoms with Gasteiger partial charge in [-0.15, -0.1) is 11.3 Å². The number of aryl methyl sites for hydroxylation is 2. The second-order valence-electron chi connectivity index (χ2n) is 6.94. The molecule has 0 unspecified atom stereocenters. The summed E-state index contributed by atoms with van der Waals surface area (Å²) in [7, 11) is 0. The molecule has 0 saturated heterocycles. The van der Waals surface area contributed by atoms with Gasteiger partial charge >= 0.3 is 0 Å². The van der Waals surface area contributed by atoms with Crippen LogP contribution in [0.1, 0.15) is 63.3 Å². The first kappa shape index (κ1) is 24.0. The van der Waals surface area contributed by atoms with Gasteiger partial charge in [0.15, 0.2) is 0 Å². The molecule has 1 heterocycles. The third-order valence-electron chi connectivity index (χ3n) is 3.71. The minimum Gasteiger partial charge on any atom is -0.398 e. The van der Waals surface area contributed by atoms with E-state index in [0.717, 1.165) is 28.0 Å². The summed E-state index contributed by atoms with van der Waals surface area (Å²) in [4.78, 5) is 2.66. The minimum atomic E-state index is 0.542. The fourth-order valence-corrected chi connectivity index (χ4v) is 3.00. The standard InChI is InChI=1S/C13H15BrN2S.C6H14.C2H6/c1-8-3-6-11(12(14)13(8)15)16-7-10-5-4-9(2)17-10;1-5-6(2,3)4;1-2/h3-6,16H,7,15H2,1-2H3;5H2,1-4H3;1-2H3. The maximum atomic E-state index is 5.97. The Morgan fingerprint density at radius 2 is 1.64 bits per heavy atom. The lowest BCUT2D eigenvalue weighted by Crippen LogP contribution is -2.01. The Bertz CT molecular complexity index is 627. The molecule has 1 aromatic carbocycles. The first-order chi connectivity index (χ1) is 11.6. The number of halogens is 1. The molecule has 0 aliphatic heterocycles. The number of nitrogen functional groups attached to an aromatic ring is 1. The van der Waals surface area contributed by atoms with Crippen LogP contribution in [0.4, 0.5) is 11.4 Å². The van der Waals surface area contributed by atoms with E-state index in [2.05, 4.69) is 74.1 Å². The highest BCUT2D eigenvalue weighted by atomic mass is 79.9. The highest BCUT2D eigenvalue weighted by Crippen LogP contribution is 2.31. The van der Waals surface area contributed by atoms with Crippen molar-refractivity contribution in [3.63, 3.8) is 0 Å². The van der Waals surface area contributed by atoms with Crippen LogP contribution in [-0.2, 0) is 6.54 Å². The molecule has 2 nitrogen and oxygen atoms in total. The summed E-state index contributed by atoms with van der Waals surface area (Å²) in [5.74, 6) is 0.